The molecular weight excluding hydrogens is 211 g/mol. The number of primary amides is 1. The van der Waals surface area contributed by atoms with Gasteiger partial charge in [0.25, 0.3) is 0 Å². The normalized spacial score (nSPS) is 20.2. The van der Waals surface area contributed by atoms with Gasteiger partial charge in [0.2, 0.25) is 0 Å². The Bertz CT molecular complexity index is 224. The molecule has 88 valence electrons. The van der Waals surface area contributed by atoms with Crippen molar-refractivity contribution in [2.24, 2.45) is 5.73 Å². The number of rotatable bonds is 2. The summed E-state index contributed by atoms with van der Waals surface area (Å²) in [6, 6.07) is -0.712. The van der Waals surface area contributed by atoms with E-state index in [9.17, 15) is 18.0 Å². The van der Waals surface area contributed by atoms with E-state index >= 15 is 0 Å². The van der Waals surface area contributed by atoms with Crippen LogP contribution in [-0.4, -0.2) is 42.8 Å². The summed E-state index contributed by atoms with van der Waals surface area (Å²) in [4.78, 5) is 11.8. The maximum atomic E-state index is 12.0. The molecule has 0 unspecified atom stereocenters. The summed E-state index contributed by atoms with van der Waals surface area (Å²) in [6.07, 6.45) is -3.12. The lowest BCUT2D eigenvalue weighted by atomic mass is 10.1. The van der Waals surface area contributed by atoms with Gasteiger partial charge in [-0.05, 0) is 12.8 Å². The van der Waals surface area contributed by atoms with Gasteiger partial charge in [0.15, 0.2) is 0 Å². The van der Waals surface area contributed by atoms with Crippen molar-refractivity contribution in [1.29, 1.82) is 0 Å². The summed E-state index contributed by atoms with van der Waals surface area (Å²) < 4.78 is 36.0. The van der Waals surface area contributed by atoms with Gasteiger partial charge in [-0.1, -0.05) is 0 Å². The van der Waals surface area contributed by atoms with Gasteiger partial charge in [0.05, 0.1) is 6.54 Å². The highest BCUT2D eigenvalue weighted by Gasteiger charge is 2.32. The highest BCUT2D eigenvalue weighted by molar-refractivity contribution is 5.71. The third kappa shape index (κ3) is 4.87. The molecule has 0 radical (unpaired) electrons. The first-order valence-corrected chi connectivity index (χ1v) is 4.72. The summed E-state index contributed by atoms with van der Waals surface area (Å²) in [5.74, 6) is 0. The van der Waals surface area contributed by atoms with Crippen molar-refractivity contribution in [2.45, 2.75) is 25.1 Å². The van der Waals surface area contributed by atoms with Crippen molar-refractivity contribution in [3.63, 3.8) is 0 Å². The molecule has 2 amide bonds. The number of nitrogens with two attached hydrogens (primary N) is 1. The number of carbonyl (C=O) groups is 1. The van der Waals surface area contributed by atoms with E-state index in [-0.39, 0.29) is 6.04 Å². The van der Waals surface area contributed by atoms with Crippen LogP contribution in [0.1, 0.15) is 12.8 Å². The summed E-state index contributed by atoms with van der Waals surface area (Å²) in [6.45, 7) is -0.203. The number of hydrogen-bond donors (Lipinski definition) is 2. The molecule has 1 saturated heterocycles. The topological polar surface area (TPSA) is 58.4 Å². The Morgan fingerprint density at radius 2 is 1.93 bits per heavy atom. The first-order valence-electron chi connectivity index (χ1n) is 4.72. The number of hydrogen-bond acceptors (Lipinski definition) is 2. The van der Waals surface area contributed by atoms with Crippen LogP contribution in [0.4, 0.5) is 18.0 Å². The average Bonchev–Trinajstić information content (AvgIpc) is 2.05. The predicted molar refractivity (Wildman–Crippen MR) is 48.2 cm³/mol. The maximum Gasteiger partial charge on any atom is 0.401 e. The Hall–Kier alpha value is -0.980. The summed E-state index contributed by atoms with van der Waals surface area (Å²) in [5.41, 5.74) is 4.92. The third-order valence-corrected chi connectivity index (χ3v) is 2.34. The second-order valence-corrected chi connectivity index (χ2v) is 3.67. The summed E-state index contributed by atoms with van der Waals surface area (Å²) in [7, 11) is 0. The van der Waals surface area contributed by atoms with Crippen molar-refractivity contribution < 1.29 is 18.0 Å². The van der Waals surface area contributed by atoms with Crippen LogP contribution in [0.25, 0.3) is 0 Å². The second-order valence-electron chi connectivity index (χ2n) is 3.67. The summed E-state index contributed by atoms with van der Waals surface area (Å²) in [5, 5.41) is 2.50. The van der Waals surface area contributed by atoms with Gasteiger partial charge in [0, 0.05) is 19.1 Å². The van der Waals surface area contributed by atoms with Crippen molar-refractivity contribution in [2.75, 3.05) is 19.6 Å². The van der Waals surface area contributed by atoms with E-state index in [1.165, 1.54) is 4.90 Å². The van der Waals surface area contributed by atoms with Crippen molar-refractivity contribution >= 4 is 6.03 Å². The van der Waals surface area contributed by atoms with Gasteiger partial charge in [-0.25, -0.2) is 4.79 Å². The highest BCUT2D eigenvalue weighted by Crippen LogP contribution is 2.19. The SMILES string of the molecule is NC(=O)NC1CCN(CC(F)(F)F)CC1. The molecule has 1 aliphatic heterocycles. The van der Waals surface area contributed by atoms with Crippen LogP contribution in [0.15, 0.2) is 0 Å². The van der Waals surface area contributed by atoms with Crippen LogP contribution in [0.5, 0.6) is 0 Å². The van der Waals surface area contributed by atoms with E-state index in [1.54, 1.807) is 0 Å². The molecule has 0 saturated carbocycles. The fraction of sp³-hybridized carbons (Fsp3) is 0.875. The Balaban J connectivity index is 2.27. The van der Waals surface area contributed by atoms with E-state index in [2.05, 4.69) is 5.32 Å². The van der Waals surface area contributed by atoms with Crippen molar-refractivity contribution in [1.82, 2.24) is 10.2 Å². The standard InChI is InChI=1S/C8H14F3N3O/c9-8(10,11)5-14-3-1-6(2-4-14)13-7(12)15/h6H,1-5H2,(H3,12,13,15). The molecule has 0 aromatic heterocycles. The molecule has 0 atom stereocenters. The maximum absolute atomic E-state index is 12.0. The van der Waals surface area contributed by atoms with Crippen LogP contribution < -0.4 is 11.1 Å². The Kier molecular flexibility index (Phi) is 3.78. The second kappa shape index (κ2) is 4.69. The van der Waals surface area contributed by atoms with Gasteiger partial charge in [-0.3, -0.25) is 4.90 Å². The van der Waals surface area contributed by atoms with Crippen LogP contribution in [0, 0.1) is 0 Å². The van der Waals surface area contributed by atoms with E-state index in [4.69, 9.17) is 5.73 Å². The first kappa shape index (κ1) is 12.1. The molecular formula is C8H14F3N3O. The Morgan fingerprint density at radius 1 is 1.40 bits per heavy atom. The molecule has 7 heteroatoms. The van der Waals surface area contributed by atoms with Gasteiger partial charge >= 0.3 is 12.2 Å². The molecule has 3 N–H and O–H groups in total. The van der Waals surface area contributed by atoms with E-state index in [0.29, 0.717) is 25.9 Å². The zero-order valence-corrected chi connectivity index (χ0v) is 8.18. The molecule has 1 fully saturated rings. The predicted octanol–water partition coefficient (Wildman–Crippen LogP) is 0.681. The molecule has 0 bridgehead atoms. The molecule has 4 nitrogen and oxygen atoms in total. The van der Waals surface area contributed by atoms with Crippen molar-refractivity contribution in [3.05, 3.63) is 0 Å². The van der Waals surface area contributed by atoms with Crippen molar-refractivity contribution in [3.8, 4) is 0 Å². The van der Waals surface area contributed by atoms with Gasteiger partial charge in [0.1, 0.15) is 0 Å². The number of urea groups is 1. The first-order chi connectivity index (χ1) is 6.87. The summed E-state index contributed by atoms with van der Waals surface area (Å²) >= 11 is 0. The molecule has 0 aromatic carbocycles. The number of halogens is 3. The minimum atomic E-state index is -4.15. The zero-order chi connectivity index (χ0) is 11.5. The number of nitrogens with one attached hydrogen (secondary N) is 1. The Labute approximate surface area is 85.6 Å². The molecule has 15 heavy (non-hydrogen) atoms. The number of amides is 2. The quantitative estimate of drug-likeness (QED) is 0.726. The fourth-order valence-electron chi connectivity index (χ4n) is 1.69. The zero-order valence-electron chi connectivity index (χ0n) is 8.18. The third-order valence-electron chi connectivity index (χ3n) is 2.34. The van der Waals surface area contributed by atoms with Gasteiger partial charge in [-0.15, -0.1) is 0 Å². The number of piperidine rings is 1. The lowest BCUT2D eigenvalue weighted by Gasteiger charge is -2.32. The number of carbonyl (C=O) groups excluding carboxylic acids is 1. The lowest BCUT2D eigenvalue weighted by Crippen LogP contribution is -2.48. The smallest absolute Gasteiger partial charge is 0.352 e. The molecule has 1 rings (SSSR count). The molecule has 1 aliphatic rings. The van der Waals surface area contributed by atoms with E-state index in [1.807, 2.05) is 0 Å². The van der Waals surface area contributed by atoms with Crippen LogP contribution in [0.3, 0.4) is 0 Å². The molecule has 0 aliphatic carbocycles. The molecule has 0 spiro atoms. The number of nitrogens with zero attached hydrogens (tertiary/aromatic N) is 1. The van der Waals surface area contributed by atoms with Crippen LogP contribution >= 0.6 is 0 Å². The van der Waals surface area contributed by atoms with Gasteiger partial charge < -0.3 is 11.1 Å². The Morgan fingerprint density at radius 3 is 2.33 bits per heavy atom. The highest BCUT2D eigenvalue weighted by atomic mass is 19.4. The van der Waals surface area contributed by atoms with Crippen LogP contribution in [-0.2, 0) is 0 Å². The molecule has 0 aromatic rings. The van der Waals surface area contributed by atoms with Gasteiger partial charge in [-0.2, -0.15) is 13.2 Å². The van der Waals surface area contributed by atoms with Crippen LogP contribution in [0.2, 0.25) is 0 Å². The largest absolute Gasteiger partial charge is 0.401 e. The van der Waals surface area contributed by atoms with E-state index < -0.39 is 18.8 Å². The fourth-order valence-corrected chi connectivity index (χ4v) is 1.69. The van der Waals surface area contributed by atoms with E-state index in [0.717, 1.165) is 0 Å². The number of alkyl halides is 3. The minimum absolute atomic E-state index is 0.0908. The lowest BCUT2D eigenvalue weighted by molar-refractivity contribution is -0.148. The molecule has 1 heterocycles. The minimum Gasteiger partial charge on any atom is -0.352 e. The monoisotopic (exact) mass is 225 g/mol. The average molecular weight is 225 g/mol. The number of likely N-dealkylation sites (tertiary alicyclic amines) is 1.